The zero-order valence-corrected chi connectivity index (χ0v) is 16.5. The number of azo groups is 1. The van der Waals surface area contributed by atoms with Crippen molar-refractivity contribution in [2.75, 3.05) is 12.4 Å². The van der Waals surface area contributed by atoms with Crippen LogP contribution in [0.25, 0.3) is 0 Å². The number of Topliss-reactive ketones (excluding diaryl/α,β-unsaturated/α-hetero) is 1. The van der Waals surface area contributed by atoms with Gasteiger partial charge >= 0.3 is 0 Å². The van der Waals surface area contributed by atoms with Gasteiger partial charge in [0.05, 0.1) is 24.1 Å². The SMILES string of the molecule is COc1cccc(NC(=O)CC(C)=O)c1N=Nc1ccc(S(=O)(=O)O)cc1[N+](=O)[O-]. The molecule has 0 bridgehead atoms. The Labute approximate surface area is 170 Å². The molecule has 2 aromatic rings. The number of benzene rings is 2. The molecule has 0 unspecified atom stereocenters. The highest BCUT2D eigenvalue weighted by Crippen LogP contribution is 2.38. The standard InChI is InChI=1S/C17H16N4O8S/c1-10(22)8-16(23)18-13-4-3-5-15(29-2)17(13)20-19-12-7-6-11(30(26,27)28)9-14(12)21(24)25/h3-7,9H,8H2,1-2H3,(H,18,23)(H,26,27,28). The number of methoxy groups -OCH3 is 1. The lowest BCUT2D eigenvalue weighted by Crippen LogP contribution is -2.14. The third-order valence-electron chi connectivity index (χ3n) is 3.60. The van der Waals surface area contributed by atoms with Crippen molar-refractivity contribution in [3.63, 3.8) is 0 Å². The Morgan fingerprint density at radius 1 is 1.23 bits per heavy atom. The molecule has 0 fully saturated rings. The van der Waals surface area contributed by atoms with E-state index in [1.54, 1.807) is 6.07 Å². The molecule has 2 aromatic carbocycles. The first-order chi connectivity index (χ1) is 14.0. The summed E-state index contributed by atoms with van der Waals surface area (Å²) in [4.78, 5) is 32.7. The molecule has 1 amide bonds. The van der Waals surface area contributed by atoms with E-state index in [0.717, 1.165) is 12.1 Å². The van der Waals surface area contributed by atoms with Crippen LogP contribution >= 0.6 is 0 Å². The fourth-order valence-corrected chi connectivity index (χ4v) is 2.81. The van der Waals surface area contributed by atoms with E-state index in [1.165, 1.54) is 26.2 Å². The molecule has 13 heteroatoms. The first-order valence-corrected chi connectivity index (χ1v) is 9.61. The summed E-state index contributed by atoms with van der Waals surface area (Å²) in [6.07, 6.45) is -0.365. The van der Waals surface area contributed by atoms with Gasteiger partial charge in [-0.15, -0.1) is 10.2 Å². The Hall–Kier alpha value is -3.71. The van der Waals surface area contributed by atoms with E-state index < -0.39 is 31.5 Å². The zero-order chi connectivity index (χ0) is 22.5. The summed E-state index contributed by atoms with van der Waals surface area (Å²) in [6, 6.07) is 7.07. The second-order valence-electron chi connectivity index (χ2n) is 5.87. The van der Waals surface area contributed by atoms with Crippen LogP contribution in [0, 0.1) is 10.1 Å². The van der Waals surface area contributed by atoms with Crippen LogP contribution in [0.2, 0.25) is 0 Å². The lowest BCUT2D eigenvalue weighted by atomic mass is 10.2. The van der Waals surface area contributed by atoms with Gasteiger partial charge in [-0.25, -0.2) is 0 Å². The first kappa shape index (κ1) is 22.6. The van der Waals surface area contributed by atoms with E-state index in [4.69, 9.17) is 9.29 Å². The van der Waals surface area contributed by atoms with E-state index >= 15 is 0 Å². The lowest BCUT2D eigenvalue weighted by Gasteiger charge is -2.10. The molecule has 0 aliphatic carbocycles. The molecule has 0 saturated heterocycles. The van der Waals surface area contributed by atoms with Gasteiger partial charge in [0.1, 0.15) is 16.4 Å². The van der Waals surface area contributed by atoms with Crippen molar-refractivity contribution >= 4 is 44.6 Å². The van der Waals surface area contributed by atoms with Gasteiger partial charge in [0.15, 0.2) is 11.4 Å². The Kier molecular flexibility index (Phi) is 6.92. The number of rotatable bonds is 8. The van der Waals surface area contributed by atoms with Crippen LogP contribution in [-0.4, -0.2) is 36.7 Å². The van der Waals surface area contributed by atoms with Gasteiger partial charge in [-0.2, -0.15) is 8.42 Å². The van der Waals surface area contributed by atoms with Crippen molar-refractivity contribution in [2.24, 2.45) is 10.2 Å². The average molecular weight is 436 g/mol. The molecular formula is C17H16N4O8S. The van der Waals surface area contributed by atoms with E-state index in [9.17, 15) is 28.1 Å². The van der Waals surface area contributed by atoms with Crippen LogP contribution in [0.15, 0.2) is 51.5 Å². The summed E-state index contributed by atoms with van der Waals surface area (Å²) in [5, 5.41) is 21.4. The van der Waals surface area contributed by atoms with Gasteiger partial charge in [-0.3, -0.25) is 24.3 Å². The highest BCUT2D eigenvalue weighted by atomic mass is 32.2. The number of amides is 1. The molecule has 0 radical (unpaired) electrons. The van der Waals surface area contributed by atoms with E-state index in [0.29, 0.717) is 6.07 Å². The Bertz CT molecular complexity index is 1140. The molecule has 30 heavy (non-hydrogen) atoms. The molecule has 158 valence electrons. The van der Waals surface area contributed by atoms with E-state index in [1.807, 2.05) is 0 Å². The maximum Gasteiger partial charge on any atom is 0.298 e. The van der Waals surface area contributed by atoms with Crippen LogP contribution in [0.5, 0.6) is 5.75 Å². The quantitative estimate of drug-likeness (QED) is 0.208. The minimum Gasteiger partial charge on any atom is -0.494 e. The monoisotopic (exact) mass is 436 g/mol. The molecule has 0 spiro atoms. The molecule has 2 N–H and O–H groups in total. The van der Waals surface area contributed by atoms with Gasteiger partial charge in [0, 0.05) is 6.07 Å². The Morgan fingerprint density at radius 2 is 1.93 bits per heavy atom. The van der Waals surface area contributed by atoms with E-state index in [2.05, 4.69) is 15.5 Å². The maximum atomic E-state index is 11.9. The predicted octanol–water partition coefficient (Wildman–Crippen LogP) is 3.18. The number of carbonyl (C=O) groups excluding carboxylic acids is 2. The number of nitro benzene ring substituents is 1. The topological polar surface area (TPSA) is 178 Å². The minimum atomic E-state index is -4.66. The summed E-state index contributed by atoms with van der Waals surface area (Å²) < 4.78 is 36.6. The average Bonchev–Trinajstić information content (AvgIpc) is 2.65. The van der Waals surface area contributed by atoms with Crippen LogP contribution < -0.4 is 10.1 Å². The minimum absolute atomic E-state index is 0.0186. The zero-order valence-electron chi connectivity index (χ0n) is 15.7. The van der Waals surface area contributed by atoms with Crippen molar-refractivity contribution in [3.05, 3.63) is 46.5 Å². The summed E-state index contributed by atoms with van der Waals surface area (Å²) in [5.74, 6) is -0.777. The Balaban J connectivity index is 2.50. The summed E-state index contributed by atoms with van der Waals surface area (Å²) >= 11 is 0. The molecule has 0 heterocycles. The molecule has 0 aliphatic rings. The number of nitrogens with one attached hydrogen (secondary N) is 1. The number of hydrogen-bond acceptors (Lipinski definition) is 9. The molecule has 0 aliphatic heterocycles. The van der Waals surface area contributed by atoms with Gasteiger partial charge in [-0.1, -0.05) is 6.07 Å². The van der Waals surface area contributed by atoms with Crippen molar-refractivity contribution in [1.29, 1.82) is 0 Å². The van der Waals surface area contributed by atoms with Gasteiger partial charge in [0.25, 0.3) is 15.8 Å². The molecule has 0 atom stereocenters. The third-order valence-corrected chi connectivity index (χ3v) is 4.45. The molecule has 2 rings (SSSR count). The van der Waals surface area contributed by atoms with Crippen LogP contribution in [0.1, 0.15) is 13.3 Å². The number of hydrogen-bond donors (Lipinski definition) is 2. The number of nitrogens with zero attached hydrogens (tertiary/aromatic N) is 3. The van der Waals surface area contributed by atoms with Crippen LogP contribution in [0.3, 0.4) is 0 Å². The number of nitro groups is 1. The van der Waals surface area contributed by atoms with Crippen molar-refractivity contribution < 1.29 is 32.2 Å². The summed E-state index contributed by atoms with van der Waals surface area (Å²) in [5.41, 5.74) is -0.864. The second kappa shape index (κ2) is 9.19. The fraction of sp³-hybridized carbons (Fsp3) is 0.176. The van der Waals surface area contributed by atoms with Crippen molar-refractivity contribution in [2.45, 2.75) is 18.2 Å². The summed E-state index contributed by atoms with van der Waals surface area (Å²) in [6.45, 7) is 1.25. The highest BCUT2D eigenvalue weighted by Gasteiger charge is 2.20. The number of carbonyl (C=O) groups is 2. The predicted molar refractivity (Wildman–Crippen MR) is 104 cm³/mol. The number of anilines is 1. The molecule has 12 nitrogen and oxygen atoms in total. The Morgan fingerprint density at radius 3 is 2.50 bits per heavy atom. The second-order valence-corrected chi connectivity index (χ2v) is 7.29. The first-order valence-electron chi connectivity index (χ1n) is 8.17. The largest absolute Gasteiger partial charge is 0.494 e. The maximum absolute atomic E-state index is 11.9. The van der Waals surface area contributed by atoms with Gasteiger partial charge in [-0.05, 0) is 31.2 Å². The fourth-order valence-electron chi connectivity index (χ4n) is 2.31. The van der Waals surface area contributed by atoms with Crippen LogP contribution in [0.4, 0.5) is 22.7 Å². The van der Waals surface area contributed by atoms with Crippen molar-refractivity contribution in [1.82, 2.24) is 0 Å². The molecular weight excluding hydrogens is 420 g/mol. The van der Waals surface area contributed by atoms with Gasteiger partial charge < -0.3 is 10.1 Å². The van der Waals surface area contributed by atoms with E-state index in [-0.39, 0.29) is 35.0 Å². The molecule has 0 saturated carbocycles. The molecule has 0 aromatic heterocycles. The number of ether oxygens (including phenoxy) is 1. The lowest BCUT2D eigenvalue weighted by molar-refractivity contribution is -0.384. The van der Waals surface area contributed by atoms with Gasteiger partial charge in [0.2, 0.25) is 5.91 Å². The normalized spacial score (nSPS) is 11.3. The highest BCUT2D eigenvalue weighted by molar-refractivity contribution is 7.85. The smallest absolute Gasteiger partial charge is 0.298 e. The van der Waals surface area contributed by atoms with Crippen LogP contribution in [-0.2, 0) is 19.7 Å². The summed E-state index contributed by atoms with van der Waals surface area (Å²) in [7, 11) is -3.32. The van der Waals surface area contributed by atoms with Crippen molar-refractivity contribution in [3.8, 4) is 5.75 Å². The number of ketones is 1. The third kappa shape index (κ3) is 5.65.